The van der Waals surface area contributed by atoms with E-state index in [1.165, 1.54) is 36.3 Å². The third-order valence-corrected chi connectivity index (χ3v) is 8.24. The number of aromatic nitrogens is 2. The molecule has 5 aromatic carbocycles. The second-order valence-electron chi connectivity index (χ2n) is 9.04. The number of thiophene rings is 1. The lowest BCUT2D eigenvalue weighted by Crippen LogP contribution is -1.85. The Morgan fingerprint density at radius 1 is 0.714 bits per heavy atom. The predicted molar refractivity (Wildman–Crippen MR) is 148 cm³/mol. The van der Waals surface area contributed by atoms with E-state index >= 15 is 0 Å². The molecule has 0 saturated heterocycles. The quantitative estimate of drug-likeness (QED) is 0.263. The van der Waals surface area contributed by atoms with Crippen LogP contribution >= 0.6 is 11.3 Å². The van der Waals surface area contributed by atoms with Crippen LogP contribution in [0.5, 0.6) is 5.75 Å². The van der Waals surface area contributed by atoms with Gasteiger partial charge < -0.3 is 5.11 Å². The van der Waals surface area contributed by atoms with Crippen LogP contribution in [0.25, 0.3) is 69.5 Å². The number of hydrogen-bond donors (Lipinski definition) is 1. The summed E-state index contributed by atoms with van der Waals surface area (Å²) >= 11 is 1.82. The minimum atomic E-state index is 0.276. The highest BCUT2D eigenvalue weighted by atomic mass is 32.1. The van der Waals surface area contributed by atoms with Crippen molar-refractivity contribution in [2.75, 3.05) is 0 Å². The van der Waals surface area contributed by atoms with Gasteiger partial charge in [-0.2, -0.15) is 0 Å². The second-order valence-corrected chi connectivity index (χ2v) is 10.1. The Bertz CT molecular complexity index is 2120. The maximum Gasteiger partial charge on any atom is 0.156 e. The average Bonchev–Trinajstić information content (AvgIpc) is 3.46. The smallest absolute Gasteiger partial charge is 0.156 e. The van der Waals surface area contributed by atoms with Crippen molar-refractivity contribution in [1.29, 1.82) is 0 Å². The predicted octanol–water partition coefficient (Wildman–Crippen LogP) is 8.53. The number of imidazole rings is 1. The molecule has 8 rings (SSSR count). The molecule has 0 aliphatic heterocycles. The highest BCUT2D eigenvalue weighted by Gasteiger charge is 2.16. The summed E-state index contributed by atoms with van der Waals surface area (Å²) in [5, 5.41) is 17.2. The van der Waals surface area contributed by atoms with Gasteiger partial charge in [0.15, 0.2) is 5.65 Å². The van der Waals surface area contributed by atoms with Crippen molar-refractivity contribution in [3.8, 4) is 16.9 Å². The van der Waals surface area contributed by atoms with E-state index in [2.05, 4.69) is 83.4 Å². The van der Waals surface area contributed by atoms with E-state index < -0.39 is 0 Å². The number of aromatic hydroxyl groups is 1. The van der Waals surface area contributed by atoms with E-state index in [9.17, 15) is 5.11 Å². The van der Waals surface area contributed by atoms with Gasteiger partial charge in [-0.05, 0) is 69.1 Å². The molecule has 0 bridgehead atoms. The summed E-state index contributed by atoms with van der Waals surface area (Å²) in [7, 11) is 0. The Balaban J connectivity index is 1.46. The Kier molecular flexibility index (Phi) is 3.69. The van der Waals surface area contributed by atoms with Crippen LogP contribution in [0.4, 0.5) is 0 Å². The van der Waals surface area contributed by atoms with Gasteiger partial charge in [-0.25, -0.2) is 4.98 Å². The highest BCUT2D eigenvalue weighted by molar-refractivity contribution is 7.26. The molecule has 1 N–H and O–H groups in total. The van der Waals surface area contributed by atoms with Crippen LogP contribution in [0, 0.1) is 0 Å². The van der Waals surface area contributed by atoms with Gasteiger partial charge in [0, 0.05) is 21.7 Å². The third-order valence-electron chi connectivity index (χ3n) is 7.08. The van der Waals surface area contributed by atoms with Crippen molar-refractivity contribution in [3.63, 3.8) is 0 Å². The second kappa shape index (κ2) is 6.81. The van der Waals surface area contributed by atoms with Gasteiger partial charge in [-0.3, -0.25) is 4.40 Å². The summed E-state index contributed by atoms with van der Waals surface area (Å²) in [6.45, 7) is 0. The Morgan fingerprint density at radius 2 is 1.57 bits per heavy atom. The zero-order valence-corrected chi connectivity index (χ0v) is 19.4. The molecule has 0 fully saturated rings. The van der Waals surface area contributed by atoms with Gasteiger partial charge in [0.2, 0.25) is 0 Å². The van der Waals surface area contributed by atoms with Crippen molar-refractivity contribution in [2.24, 2.45) is 0 Å². The Hall–Kier alpha value is -4.41. The van der Waals surface area contributed by atoms with Crippen molar-refractivity contribution in [2.45, 2.75) is 0 Å². The number of phenols is 1. The molecule has 3 nitrogen and oxygen atoms in total. The summed E-state index contributed by atoms with van der Waals surface area (Å²) < 4.78 is 4.74. The molecule has 3 heterocycles. The van der Waals surface area contributed by atoms with Crippen LogP contribution in [0.15, 0.2) is 103 Å². The third kappa shape index (κ3) is 2.63. The molecule has 4 heteroatoms. The molecule has 0 aliphatic rings. The van der Waals surface area contributed by atoms with Crippen molar-refractivity contribution < 1.29 is 5.11 Å². The molecule has 3 aromatic heterocycles. The Labute approximate surface area is 204 Å². The maximum absolute atomic E-state index is 9.74. The standard InChI is InChI=1S/C31H18N2OS/c34-21-11-8-19(9-12-21)22-7-3-5-20-16-26-27(17-25(20)22)33-15-14-24-29-23-6-2-1-4-18(23)10-13-28(29)35-30(24)31(33)32-26/h1-17,34H. The lowest BCUT2D eigenvalue weighted by Gasteiger charge is -2.08. The lowest BCUT2D eigenvalue weighted by atomic mass is 9.98. The first-order valence-electron chi connectivity index (χ1n) is 11.6. The van der Waals surface area contributed by atoms with E-state index in [1.54, 1.807) is 12.1 Å². The zero-order chi connectivity index (χ0) is 23.1. The molecular formula is C31H18N2OS. The summed E-state index contributed by atoms with van der Waals surface area (Å²) in [5.41, 5.74) is 5.33. The van der Waals surface area contributed by atoms with Crippen molar-refractivity contribution in [1.82, 2.24) is 9.38 Å². The minimum Gasteiger partial charge on any atom is -0.508 e. The average molecular weight is 467 g/mol. The largest absolute Gasteiger partial charge is 0.508 e. The van der Waals surface area contributed by atoms with Crippen molar-refractivity contribution >= 4 is 69.7 Å². The van der Waals surface area contributed by atoms with Gasteiger partial charge in [0.1, 0.15) is 5.75 Å². The molecular weight excluding hydrogens is 448 g/mol. The molecule has 0 radical (unpaired) electrons. The van der Waals surface area contributed by atoms with Gasteiger partial charge in [0.05, 0.1) is 15.7 Å². The SMILES string of the molecule is Oc1ccc(-c2cccc3cc4nc5c6sc7ccc8ccccc8c7c6ccn5c4cc23)cc1. The molecule has 0 amide bonds. The molecule has 0 atom stereocenters. The molecule has 0 saturated carbocycles. The van der Waals surface area contributed by atoms with E-state index in [0.29, 0.717) is 0 Å². The summed E-state index contributed by atoms with van der Waals surface area (Å²) in [6.07, 6.45) is 2.16. The van der Waals surface area contributed by atoms with Gasteiger partial charge in [0.25, 0.3) is 0 Å². The van der Waals surface area contributed by atoms with E-state index in [-0.39, 0.29) is 5.75 Å². The molecule has 164 valence electrons. The number of benzene rings is 5. The summed E-state index contributed by atoms with van der Waals surface area (Å²) in [5.74, 6) is 0.276. The normalized spacial score (nSPS) is 12.1. The van der Waals surface area contributed by atoms with Crippen LogP contribution in [-0.2, 0) is 0 Å². The van der Waals surface area contributed by atoms with Crippen LogP contribution in [0.1, 0.15) is 0 Å². The zero-order valence-electron chi connectivity index (χ0n) is 18.6. The number of rotatable bonds is 1. The number of nitrogens with zero attached hydrogens (tertiary/aromatic N) is 2. The van der Waals surface area contributed by atoms with Crippen LogP contribution in [-0.4, -0.2) is 14.5 Å². The van der Waals surface area contributed by atoms with E-state index in [1.807, 2.05) is 23.5 Å². The number of fused-ring (bicyclic) bond motifs is 10. The van der Waals surface area contributed by atoms with E-state index in [4.69, 9.17) is 4.98 Å². The molecule has 0 unspecified atom stereocenters. The first-order valence-corrected chi connectivity index (χ1v) is 12.4. The first kappa shape index (κ1) is 19.0. The molecule has 0 spiro atoms. The fourth-order valence-electron chi connectivity index (χ4n) is 5.44. The Morgan fingerprint density at radius 3 is 2.49 bits per heavy atom. The van der Waals surface area contributed by atoms with Crippen LogP contribution in [0.2, 0.25) is 0 Å². The molecule has 0 aliphatic carbocycles. The van der Waals surface area contributed by atoms with Crippen LogP contribution in [0.3, 0.4) is 0 Å². The minimum absolute atomic E-state index is 0.276. The molecule has 8 aromatic rings. The fourth-order valence-corrected chi connectivity index (χ4v) is 6.63. The monoisotopic (exact) mass is 466 g/mol. The van der Waals surface area contributed by atoms with Gasteiger partial charge >= 0.3 is 0 Å². The number of phenolic OH excluding ortho intramolecular Hbond substituents is 1. The lowest BCUT2D eigenvalue weighted by molar-refractivity contribution is 0.475. The van der Waals surface area contributed by atoms with Crippen LogP contribution < -0.4 is 0 Å². The first-order chi connectivity index (χ1) is 17.2. The number of hydrogen-bond acceptors (Lipinski definition) is 3. The highest BCUT2D eigenvalue weighted by Crippen LogP contribution is 2.41. The molecule has 35 heavy (non-hydrogen) atoms. The van der Waals surface area contributed by atoms with Gasteiger partial charge in [-0.1, -0.05) is 60.7 Å². The van der Waals surface area contributed by atoms with Gasteiger partial charge in [-0.15, -0.1) is 11.3 Å². The van der Waals surface area contributed by atoms with Crippen molar-refractivity contribution in [3.05, 3.63) is 103 Å². The maximum atomic E-state index is 9.74. The summed E-state index contributed by atoms with van der Waals surface area (Å²) in [4.78, 5) is 5.12. The van der Waals surface area contributed by atoms with E-state index in [0.717, 1.165) is 33.2 Å². The fraction of sp³-hybridized carbons (Fsp3) is 0. The summed E-state index contributed by atoms with van der Waals surface area (Å²) in [6, 6.07) is 33.5. The number of pyridine rings is 1. The topological polar surface area (TPSA) is 37.5 Å².